The highest BCUT2D eigenvalue weighted by atomic mass is 32.1. The van der Waals surface area contributed by atoms with Crippen LogP contribution < -0.4 is 5.32 Å². The molecule has 1 unspecified atom stereocenters. The van der Waals surface area contributed by atoms with E-state index < -0.39 is 0 Å². The van der Waals surface area contributed by atoms with Gasteiger partial charge in [-0.05, 0) is 17.5 Å². The fourth-order valence-electron chi connectivity index (χ4n) is 3.05. The molecule has 2 aromatic carbocycles. The van der Waals surface area contributed by atoms with Crippen LogP contribution in [0.3, 0.4) is 0 Å². The fraction of sp³-hybridized carbons (Fsp3) is 0.235. The number of benzene rings is 2. The molecule has 0 spiro atoms. The molecule has 1 atom stereocenters. The summed E-state index contributed by atoms with van der Waals surface area (Å²) < 4.78 is 0. The van der Waals surface area contributed by atoms with E-state index in [4.69, 9.17) is 12.2 Å². The summed E-state index contributed by atoms with van der Waals surface area (Å²) in [4.78, 5) is 0.871. The van der Waals surface area contributed by atoms with Crippen molar-refractivity contribution in [3.05, 3.63) is 71.3 Å². The maximum Gasteiger partial charge on any atom is 0.106 e. The summed E-state index contributed by atoms with van der Waals surface area (Å²) in [5.41, 5.74) is 3.92. The maximum atomic E-state index is 5.45. The zero-order valence-corrected chi connectivity index (χ0v) is 11.8. The molecule has 1 heterocycles. The number of thiocarbonyl (C=S) groups is 1. The number of rotatable bonds is 2. The Balaban J connectivity index is 2.24. The zero-order chi connectivity index (χ0) is 13.3. The fourth-order valence-corrected chi connectivity index (χ4v) is 3.30. The first-order chi connectivity index (χ1) is 9.28. The predicted molar refractivity (Wildman–Crippen MR) is 83.7 cm³/mol. The largest absolute Gasteiger partial charge is 0.375 e. The van der Waals surface area contributed by atoms with Crippen molar-refractivity contribution in [3.8, 4) is 0 Å². The third-order valence-electron chi connectivity index (χ3n) is 4.17. The lowest BCUT2D eigenvalue weighted by Gasteiger charge is -2.40. The van der Waals surface area contributed by atoms with Crippen LogP contribution in [0.5, 0.6) is 0 Å². The van der Waals surface area contributed by atoms with Gasteiger partial charge >= 0.3 is 0 Å². The number of hydrogen-bond acceptors (Lipinski definition) is 1. The highest BCUT2D eigenvalue weighted by Gasteiger charge is 2.37. The monoisotopic (exact) mass is 267 g/mol. The normalized spacial score (nSPS) is 21.6. The second kappa shape index (κ2) is 4.78. The average molecular weight is 267 g/mol. The Hall–Kier alpha value is -1.67. The standard InChI is InChI=1S/C17H17NS/c1-2-17(13-8-4-3-5-9-13)12-18-16(19)14-10-6-7-11-15(14)17/h3-11H,2,12H2,1H3,(H,18,19). The number of nitrogens with one attached hydrogen (secondary N) is 1. The van der Waals surface area contributed by atoms with Gasteiger partial charge in [-0.3, -0.25) is 0 Å². The van der Waals surface area contributed by atoms with Crippen LogP contribution in [0.15, 0.2) is 54.6 Å². The van der Waals surface area contributed by atoms with E-state index in [-0.39, 0.29) is 5.41 Å². The predicted octanol–water partition coefficient (Wildman–Crippen LogP) is 3.66. The van der Waals surface area contributed by atoms with E-state index in [1.54, 1.807) is 0 Å². The molecule has 0 radical (unpaired) electrons. The number of fused-ring (bicyclic) bond motifs is 1. The molecule has 1 nitrogen and oxygen atoms in total. The lowest BCUT2D eigenvalue weighted by Crippen LogP contribution is -2.46. The summed E-state index contributed by atoms with van der Waals surface area (Å²) in [6, 6.07) is 19.2. The van der Waals surface area contributed by atoms with Gasteiger partial charge < -0.3 is 5.32 Å². The van der Waals surface area contributed by atoms with E-state index in [1.165, 1.54) is 16.7 Å². The van der Waals surface area contributed by atoms with Gasteiger partial charge in [0.25, 0.3) is 0 Å². The summed E-state index contributed by atoms with van der Waals surface area (Å²) in [7, 11) is 0. The van der Waals surface area contributed by atoms with Crippen molar-refractivity contribution in [3.63, 3.8) is 0 Å². The molecule has 19 heavy (non-hydrogen) atoms. The van der Waals surface area contributed by atoms with Crippen LogP contribution in [0.25, 0.3) is 0 Å². The summed E-state index contributed by atoms with van der Waals surface area (Å²) in [5.74, 6) is 0. The van der Waals surface area contributed by atoms with E-state index in [1.807, 2.05) is 0 Å². The zero-order valence-electron chi connectivity index (χ0n) is 11.0. The third-order valence-corrected chi connectivity index (χ3v) is 4.53. The van der Waals surface area contributed by atoms with Gasteiger partial charge in [0.15, 0.2) is 0 Å². The molecule has 0 amide bonds. The van der Waals surface area contributed by atoms with Gasteiger partial charge in [-0.1, -0.05) is 73.7 Å². The molecule has 0 saturated carbocycles. The molecule has 0 aromatic heterocycles. The maximum absolute atomic E-state index is 5.45. The van der Waals surface area contributed by atoms with Crippen molar-refractivity contribution in [2.24, 2.45) is 0 Å². The highest BCUT2D eigenvalue weighted by Crippen LogP contribution is 2.39. The highest BCUT2D eigenvalue weighted by molar-refractivity contribution is 7.80. The molecule has 1 aliphatic heterocycles. The van der Waals surface area contributed by atoms with Crippen molar-refractivity contribution >= 4 is 17.2 Å². The summed E-state index contributed by atoms with van der Waals surface area (Å²) in [6.45, 7) is 3.13. The third kappa shape index (κ3) is 1.87. The Kier molecular flexibility index (Phi) is 3.11. The van der Waals surface area contributed by atoms with Gasteiger partial charge in [-0.15, -0.1) is 0 Å². The molecule has 2 aromatic rings. The van der Waals surface area contributed by atoms with E-state index >= 15 is 0 Å². The first-order valence-corrected chi connectivity index (χ1v) is 7.12. The van der Waals surface area contributed by atoms with Crippen LogP contribution in [-0.2, 0) is 5.41 Å². The lowest BCUT2D eigenvalue weighted by atomic mass is 9.69. The summed E-state index contributed by atoms with van der Waals surface area (Å²) in [5, 5.41) is 3.41. The van der Waals surface area contributed by atoms with E-state index in [0.717, 1.165) is 18.0 Å². The Bertz CT molecular complexity index is 606. The first kappa shape index (κ1) is 12.4. The second-order valence-electron chi connectivity index (χ2n) is 5.03. The topological polar surface area (TPSA) is 12.0 Å². The van der Waals surface area contributed by atoms with Gasteiger partial charge in [0.1, 0.15) is 4.99 Å². The second-order valence-corrected chi connectivity index (χ2v) is 5.44. The molecule has 0 aliphatic carbocycles. The van der Waals surface area contributed by atoms with Crippen LogP contribution in [0.1, 0.15) is 30.0 Å². The summed E-state index contributed by atoms with van der Waals surface area (Å²) >= 11 is 5.45. The SMILES string of the molecule is CCC1(c2ccccc2)CNC(=S)c2ccccc21. The van der Waals surface area contributed by atoms with Crippen LogP contribution in [0.4, 0.5) is 0 Å². The molecule has 1 N–H and O–H groups in total. The molecule has 0 saturated heterocycles. The van der Waals surface area contributed by atoms with Gasteiger partial charge in [-0.25, -0.2) is 0 Å². The van der Waals surface area contributed by atoms with Crippen LogP contribution in [-0.4, -0.2) is 11.5 Å². The van der Waals surface area contributed by atoms with Crippen molar-refractivity contribution in [1.82, 2.24) is 5.32 Å². The molecule has 3 rings (SSSR count). The summed E-state index contributed by atoms with van der Waals surface area (Å²) in [6.07, 6.45) is 1.06. The van der Waals surface area contributed by atoms with Crippen LogP contribution >= 0.6 is 12.2 Å². The molecular weight excluding hydrogens is 250 g/mol. The average Bonchev–Trinajstić information content (AvgIpc) is 2.49. The Morgan fingerprint density at radius 2 is 1.74 bits per heavy atom. The minimum absolute atomic E-state index is 0.0279. The van der Waals surface area contributed by atoms with Crippen LogP contribution in [0, 0.1) is 0 Å². The van der Waals surface area contributed by atoms with Gasteiger partial charge in [-0.2, -0.15) is 0 Å². The van der Waals surface area contributed by atoms with Gasteiger partial charge in [0, 0.05) is 17.5 Å². The van der Waals surface area contributed by atoms with Gasteiger partial charge in [0.2, 0.25) is 0 Å². The Morgan fingerprint density at radius 1 is 1.05 bits per heavy atom. The van der Waals surface area contributed by atoms with Gasteiger partial charge in [0.05, 0.1) is 0 Å². The van der Waals surface area contributed by atoms with E-state index in [0.29, 0.717) is 0 Å². The molecule has 2 heteroatoms. The molecular formula is C17H17NS. The van der Waals surface area contributed by atoms with E-state index in [9.17, 15) is 0 Å². The minimum Gasteiger partial charge on any atom is -0.375 e. The Labute approximate surface area is 119 Å². The molecule has 96 valence electrons. The van der Waals surface area contributed by atoms with Crippen LogP contribution in [0.2, 0.25) is 0 Å². The quantitative estimate of drug-likeness (QED) is 0.833. The van der Waals surface area contributed by atoms with Crippen molar-refractivity contribution < 1.29 is 0 Å². The van der Waals surface area contributed by atoms with Crippen molar-refractivity contribution in [1.29, 1.82) is 0 Å². The first-order valence-electron chi connectivity index (χ1n) is 6.71. The van der Waals surface area contributed by atoms with Crippen molar-refractivity contribution in [2.75, 3.05) is 6.54 Å². The molecule has 0 fully saturated rings. The molecule has 1 aliphatic rings. The molecule has 0 bridgehead atoms. The van der Waals surface area contributed by atoms with Crippen molar-refractivity contribution in [2.45, 2.75) is 18.8 Å². The van der Waals surface area contributed by atoms with E-state index in [2.05, 4.69) is 66.8 Å². The smallest absolute Gasteiger partial charge is 0.106 e. The Morgan fingerprint density at radius 3 is 2.47 bits per heavy atom. The minimum atomic E-state index is 0.0279. The number of hydrogen-bond donors (Lipinski definition) is 1. The lowest BCUT2D eigenvalue weighted by molar-refractivity contribution is 0.476.